The maximum Gasteiger partial charge on any atom is 0.303 e. The summed E-state index contributed by atoms with van der Waals surface area (Å²) < 4.78 is 0. The molecule has 0 rings (SSSR count). The quantitative estimate of drug-likeness (QED) is 0.534. The molecule has 0 aromatic heterocycles. The third-order valence-electron chi connectivity index (χ3n) is 2.09. The number of alkyl halides is 1. The highest BCUT2D eigenvalue weighted by Gasteiger charge is 1.94. The van der Waals surface area contributed by atoms with Gasteiger partial charge in [0.15, 0.2) is 0 Å². The number of hydrogen-bond acceptors (Lipinski definition) is 1. The number of carboxylic acid groups (broad SMARTS) is 1. The smallest absolute Gasteiger partial charge is 0.303 e. The Morgan fingerprint density at radius 2 is 1.67 bits per heavy atom. The van der Waals surface area contributed by atoms with Crippen molar-refractivity contribution in [2.75, 3.05) is 5.88 Å². The van der Waals surface area contributed by atoms with Gasteiger partial charge in [-0.2, -0.15) is 0 Å². The number of rotatable bonds is 7. The van der Waals surface area contributed by atoms with Crippen molar-refractivity contribution in [1.82, 2.24) is 0 Å². The van der Waals surface area contributed by atoms with Gasteiger partial charge in [0.1, 0.15) is 0 Å². The van der Waals surface area contributed by atoms with Crippen LogP contribution < -0.4 is 0 Å². The van der Waals surface area contributed by atoms with Gasteiger partial charge in [-0.3, -0.25) is 4.79 Å². The van der Waals surface area contributed by atoms with Crippen LogP contribution in [0.4, 0.5) is 0 Å². The largest absolute Gasteiger partial charge is 0.481 e. The fourth-order valence-corrected chi connectivity index (χ4v) is 1.25. The van der Waals surface area contributed by atoms with Crippen molar-refractivity contribution in [2.45, 2.75) is 39.5 Å². The second-order valence-electron chi connectivity index (χ2n) is 3.71. The Kier molecular flexibility index (Phi) is 8.11. The number of halogens is 1. The number of allylic oxidation sites excluding steroid dienone is 4. The van der Waals surface area contributed by atoms with Crippen LogP contribution in [0.3, 0.4) is 0 Å². The van der Waals surface area contributed by atoms with E-state index < -0.39 is 5.97 Å². The molecule has 0 atom stereocenters. The van der Waals surface area contributed by atoms with E-state index in [1.165, 1.54) is 11.1 Å². The molecular weight excluding hydrogens is 212 g/mol. The first kappa shape index (κ1) is 14.2. The zero-order chi connectivity index (χ0) is 11.7. The second-order valence-corrected chi connectivity index (χ2v) is 3.97. The van der Waals surface area contributed by atoms with Crippen LogP contribution in [0.2, 0.25) is 0 Å². The van der Waals surface area contributed by atoms with Crippen LogP contribution >= 0.6 is 11.6 Å². The molecule has 0 spiro atoms. The van der Waals surface area contributed by atoms with Crippen molar-refractivity contribution in [1.29, 1.82) is 0 Å². The summed E-state index contributed by atoms with van der Waals surface area (Å²) in [6.07, 6.45) is 6.93. The molecule has 0 fully saturated rings. The van der Waals surface area contributed by atoms with Crippen molar-refractivity contribution in [3.63, 3.8) is 0 Å². The van der Waals surface area contributed by atoms with Crippen molar-refractivity contribution < 1.29 is 9.90 Å². The van der Waals surface area contributed by atoms with E-state index in [0.29, 0.717) is 12.3 Å². The monoisotopic (exact) mass is 230 g/mol. The maximum atomic E-state index is 10.3. The van der Waals surface area contributed by atoms with Gasteiger partial charge >= 0.3 is 5.97 Å². The molecular formula is C12H19ClO2. The molecule has 2 nitrogen and oxygen atoms in total. The zero-order valence-corrected chi connectivity index (χ0v) is 10.2. The first-order valence-corrected chi connectivity index (χ1v) is 5.68. The normalized spacial score (nSPS) is 13.0. The Hall–Kier alpha value is -0.760. The Bertz CT molecular complexity index is 254. The first-order valence-electron chi connectivity index (χ1n) is 5.15. The first-order chi connectivity index (χ1) is 7.06. The van der Waals surface area contributed by atoms with E-state index in [-0.39, 0.29) is 6.42 Å². The van der Waals surface area contributed by atoms with Crippen LogP contribution in [0.15, 0.2) is 23.3 Å². The lowest BCUT2D eigenvalue weighted by atomic mass is 10.1. The molecule has 0 aromatic carbocycles. The van der Waals surface area contributed by atoms with Crippen molar-refractivity contribution in [3.05, 3.63) is 23.3 Å². The lowest BCUT2D eigenvalue weighted by Crippen LogP contribution is -1.92. The van der Waals surface area contributed by atoms with Crippen molar-refractivity contribution in [3.8, 4) is 0 Å². The van der Waals surface area contributed by atoms with Gasteiger partial charge in [0, 0.05) is 12.3 Å². The summed E-state index contributed by atoms with van der Waals surface area (Å²) in [7, 11) is 0. The van der Waals surface area contributed by atoms with E-state index in [1.54, 1.807) is 0 Å². The van der Waals surface area contributed by atoms with Crippen LogP contribution in [0.1, 0.15) is 39.5 Å². The molecule has 15 heavy (non-hydrogen) atoms. The van der Waals surface area contributed by atoms with Gasteiger partial charge in [0.2, 0.25) is 0 Å². The molecule has 0 aliphatic carbocycles. The summed E-state index contributed by atoms with van der Waals surface area (Å²) in [4.78, 5) is 10.3. The molecule has 0 aliphatic rings. The lowest BCUT2D eigenvalue weighted by molar-refractivity contribution is -0.136. The summed E-state index contributed by atoms with van der Waals surface area (Å²) in [6.45, 7) is 4.04. The summed E-state index contributed by atoms with van der Waals surface area (Å²) in [5.41, 5.74) is 2.44. The average Bonchev–Trinajstić information content (AvgIpc) is 2.17. The van der Waals surface area contributed by atoms with Crippen LogP contribution in [0.5, 0.6) is 0 Å². The van der Waals surface area contributed by atoms with E-state index in [9.17, 15) is 4.79 Å². The second kappa shape index (κ2) is 8.54. The van der Waals surface area contributed by atoms with Gasteiger partial charge < -0.3 is 5.11 Å². The zero-order valence-electron chi connectivity index (χ0n) is 9.42. The lowest BCUT2D eigenvalue weighted by Gasteiger charge is -1.99. The van der Waals surface area contributed by atoms with Crippen molar-refractivity contribution >= 4 is 17.6 Å². The molecule has 0 saturated heterocycles. The molecule has 0 saturated carbocycles. The molecule has 1 N–H and O–H groups in total. The van der Waals surface area contributed by atoms with Crippen LogP contribution in [-0.2, 0) is 4.79 Å². The standard InChI is InChI=1S/C12H19ClO2/c1-10(6-4-8-12(14)15)5-3-7-11(2)9-13/h6-7H,3-5,8-9H2,1-2H3,(H,14,15)/b10-6+,11-7+. The summed E-state index contributed by atoms with van der Waals surface area (Å²) in [6, 6.07) is 0. The Morgan fingerprint density at radius 3 is 2.20 bits per heavy atom. The number of carbonyl (C=O) groups is 1. The predicted octanol–water partition coefficient (Wildman–Crippen LogP) is 3.76. The van der Waals surface area contributed by atoms with E-state index in [2.05, 4.69) is 6.08 Å². The molecule has 3 heteroatoms. The predicted molar refractivity (Wildman–Crippen MR) is 64.3 cm³/mol. The maximum absolute atomic E-state index is 10.3. The van der Waals surface area contributed by atoms with Crippen LogP contribution in [0.25, 0.3) is 0 Å². The SMILES string of the molecule is C/C(=C\CC/C(C)=C/CCC(=O)O)CCl. The van der Waals surface area contributed by atoms with Gasteiger partial charge in [0.25, 0.3) is 0 Å². The fourth-order valence-electron chi connectivity index (χ4n) is 1.14. The fraction of sp³-hybridized carbons (Fsp3) is 0.583. The topological polar surface area (TPSA) is 37.3 Å². The minimum Gasteiger partial charge on any atom is -0.481 e. The van der Waals surface area contributed by atoms with Crippen molar-refractivity contribution in [2.24, 2.45) is 0 Å². The molecule has 0 heterocycles. The highest BCUT2D eigenvalue weighted by atomic mass is 35.5. The summed E-state index contributed by atoms with van der Waals surface area (Å²) in [5, 5.41) is 8.45. The van der Waals surface area contributed by atoms with Gasteiger partial charge in [0.05, 0.1) is 0 Å². The van der Waals surface area contributed by atoms with Gasteiger partial charge in [-0.05, 0) is 33.1 Å². The Labute approximate surface area is 96.6 Å². The van der Waals surface area contributed by atoms with Crippen LogP contribution in [-0.4, -0.2) is 17.0 Å². The van der Waals surface area contributed by atoms with Gasteiger partial charge in [-0.25, -0.2) is 0 Å². The third kappa shape index (κ3) is 9.54. The van der Waals surface area contributed by atoms with E-state index >= 15 is 0 Å². The Balaban J connectivity index is 3.73. The van der Waals surface area contributed by atoms with E-state index in [0.717, 1.165) is 12.8 Å². The molecule has 0 aromatic rings. The average molecular weight is 231 g/mol. The molecule has 0 amide bonds. The molecule has 0 bridgehead atoms. The summed E-state index contributed by atoms with van der Waals surface area (Å²) >= 11 is 5.64. The molecule has 0 aliphatic heterocycles. The number of carboxylic acids is 1. The number of aliphatic carboxylic acids is 1. The summed E-state index contributed by atoms with van der Waals surface area (Å²) in [5.74, 6) is -0.154. The Morgan fingerprint density at radius 1 is 1.13 bits per heavy atom. The minimum atomic E-state index is -0.739. The molecule has 86 valence electrons. The highest BCUT2D eigenvalue weighted by molar-refractivity contribution is 6.19. The molecule has 0 radical (unpaired) electrons. The molecule has 0 unspecified atom stereocenters. The van der Waals surface area contributed by atoms with Crippen LogP contribution in [0, 0.1) is 0 Å². The minimum absolute atomic E-state index is 0.216. The highest BCUT2D eigenvalue weighted by Crippen LogP contribution is 2.09. The van der Waals surface area contributed by atoms with Gasteiger partial charge in [-0.15, -0.1) is 11.6 Å². The number of hydrogen-bond donors (Lipinski definition) is 1. The van der Waals surface area contributed by atoms with E-state index in [4.69, 9.17) is 16.7 Å². The van der Waals surface area contributed by atoms with E-state index in [1.807, 2.05) is 19.9 Å². The third-order valence-corrected chi connectivity index (χ3v) is 2.51. The van der Waals surface area contributed by atoms with Gasteiger partial charge in [-0.1, -0.05) is 23.3 Å².